The van der Waals surface area contributed by atoms with Crippen molar-refractivity contribution in [1.29, 1.82) is 0 Å². The average molecular weight is 527 g/mol. The fraction of sp³-hybridized carbons (Fsp3) is 0.172. The van der Waals surface area contributed by atoms with Gasteiger partial charge in [0, 0.05) is 23.4 Å². The fourth-order valence-corrected chi connectivity index (χ4v) is 4.54. The van der Waals surface area contributed by atoms with Crippen molar-refractivity contribution in [1.82, 2.24) is 15.0 Å². The maximum atomic E-state index is 13.3. The predicted molar refractivity (Wildman–Crippen MR) is 146 cm³/mol. The summed E-state index contributed by atoms with van der Waals surface area (Å²) in [5.41, 5.74) is 3.43. The lowest BCUT2D eigenvalue weighted by Crippen LogP contribution is -2.12. The van der Waals surface area contributed by atoms with Gasteiger partial charge in [-0.3, -0.25) is 4.79 Å². The van der Waals surface area contributed by atoms with E-state index in [1.54, 1.807) is 61.4 Å². The number of carboxylic acids is 1. The highest BCUT2D eigenvalue weighted by Crippen LogP contribution is 2.33. The van der Waals surface area contributed by atoms with E-state index in [2.05, 4.69) is 15.6 Å². The maximum Gasteiger partial charge on any atom is 0.337 e. The van der Waals surface area contributed by atoms with Crippen molar-refractivity contribution in [2.75, 3.05) is 19.5 Å². The first kappa shape index (κ1) is 25.5. The minimum Gasteiger partial charge on any atom is -0.493 e. The highest BCUT2D eigenvalue weighted by molar-refractivity contribution is 5.94. The Balaban J connectivity index is 1.62. The monoisotopic (exact) mass is 526 g/mol. The molecule has 5 rings (SSSR count). The third-order valence-electron chi connectivity index (χ3n) is 6.41. The van der Waals surface area contributed by atoms with E-state index in [0.717, 1.165) is 5.56 Å². The maximum absolute atomic E-state index is 13.3. The number of hydrogen-bond donors (Lipinski definition) is 2. The Morgan fingerprint density at radius 2 is 1.82 bits per heavy atom. The van der Waals surface area contributed by atoms with Crippen LogP contribution in [0.25, 0.3) is 28.1 Å². The van der Waals surface area contributed by atoms with Gasteiger partial charge in [0.05, 0.1) is 43.1 Å². The van der Waals surface area contributed by atoms with Crippen LogP contribution in [0.1, 0.15) is 34.5 Å². The van der Waals surface area contributed by atoms with Gasteiger partial charge >= 0.3 is 5.97 Å². The van der Waals surface area contributed by atoms with E-state index in [4.69, 9.17) is 13.9 Å². The Morgan fingerprint density at radius 1 is 1.05 bits per heavy atom. The number of aryl methyl sites for hydroxylation is 1. The van der Waals surface area contributed by atoms with Gasteiger partial charge in [-0.15, -0.1) is 5.10 Å². The van der Waals surface area contributed by atoms with Crippen molar-refractivity contribution in [3.05, 3.63) is 93.8 Å². The van der Waals surface area contributed by atoms with E-state index in [-0.39, 0.29) is 22.8 Å². The van der Waals surface area contributed by atoms with Gasteiger partial charge in [-0.2, -0.15) is 0 Å². The van der Waals surface area contributed by atoms with Crippen LogP contribution in [0.15, 0.2) is 76.1 Å². The Bertz CT molecular complexity index is 1760. The normalized spacial score (nSPS) is 11.8. The van der Waals surface area contributed by atoms with Crippen LogP contribution in [-0.2, 0) is 0 Å². The number of aromatic nitrogens is 3. The van der Waals surface area contributed by atoms with Crippen LogP contribution in [-0.4, -0.2) is 40.3 Å². The second-order valence-electron chi connectivity index (χ2n) is 8.99. The highest BCUT2D eigenvalue weighted by Gasteiger charge is 2.20. The van der Waals surface area contributed by atoms with Crippen LogP contribution >= 0.6 is 0 Å². The summed E-state index contributed by atoms with van der Waals surface area (Å²) in [6.07, 6.45) is 1.51. The van der Waals surface area contributed by atoms with Gasteiger partial charge in [-0.25, -0.2) is 9.48 Å². The first-order valence-electron chi connectivity index (χ1n) is 12.1. The molecule has 198 valence electrons. The molecule has 0 aliphatic rings. The second-order valence-corrected chi connectivity index (χ2v) is 8.99. The quantitative estimate of drug-likeness (QED) is 0.279. The summed E-state index contributed by atoms with van der Waals surface area (Å²) in [5, 5.41) is 21.5. The summed E-state index contributed by atoms with van der Waals surface area (Å²) >= 11 is 0. The summed E-state index contributed by atoms with van der Waals surface area (Å²) in [6, 6.07) is 16.7. The Hall–Kier alpha value is -5.12. The van der Waals surface area contributed by atoms with E-state index in [1.807, 2.05) is 19.9 Å². The van der Waals surface area contributed by atoms with Crippen LogP contribution in [0.3, 0.4) is 0 Å². The van der Waals surface area contributed by atoms with Gasteiger partial charge in [-0.1, -0.05) is 23.4 Å². The number of para-hydroxylation sites is 1. The molecule has 0 aliphatic heterocycles. The number of ether oxygens (including phenoxy) is 2. The molecule has 0 aliphatic carbocycles. The molecule has 0 saturated carbocycles. The number of anilines is 1. The average Bonchev–Trinajstić information content (AvgIpc) is 3.43. The number of carbonyl (C=O) groups is 1. The molecular weight excluding hydrogens is 500 g/mol. The Labute approximate surface area is 223 Å². The zero-order valence-electron chi connectivity index (χ0n) is 21.8. The topological polar surface area (TPSA) is 129 Å². The summed E-state index contributed by atoms with van der Waals surface area (Å²) in [7, 11) is 3.09. The second kappa shape index (κ2) is 10.3. The van der Waals surface area contributed by atoms with E-state index < -0.39 is 5.97 Å². The molecule has 0 amide bonds. The number of aromatic carboxylic acids is 1. The number of methoxy groups -OCH3 is 2. The zero-order valence-corrected chi connectivity index (χ0v) is 21.8. The Kier molecular flexibility index (Phi) is 6.76. The van der Waals surface area contributed by atoms with Crippen molar-refractivity contribution < 1.29 is 23.8 Å². The third-order valence-corrected chi connectivity index (χ3v) is 6.41. The number of nitrogens with one attached hydrogen (secondary N) is 1. The lowest BCUT2D eigenvalue weighted by Gasteiger charge is -2.19. The van der Waals surface area contributed by atoms with Crippen LogP contribution in [0, 0.1) is 6.92 Å². The molecule has 10 heteroatoms. The highest BCUT2D eigenvalue weighted by atomic mass is 16.5. The van der Waals surface area contributed by atoms with Crippen LogP contribution < -0.4 is 20.2 Å². The lowest BCUT2D eigenvalue weighted by atomic mass is 10.0. The van der Waals surface area contributed by atoms with Gasteiger partial charge in [0.2, 0.25) is 0 Å². The molecule has 1 unspecified atom stereocenters. The molecule has 0 saturated heterocycles. The molecule has 0 fully saturated rings. The molecule has 39 heavy (non-hydrogen) atoms. The van der Waals surface area contributed by atoms with Gasteiger partial charge in [0.1, 0.15) is 11.3 Å². The SMILES string of the molecule is COc1ccc(-n2nncc2-c2cc(=O)c3cc(C)cc(C(C)Nc4ccccc4C(=O)O)c3o2)cc1OC. The molecule has 0 bridgehead atoms. The molecule has 2 heterocycles. The van der Waals surface area contributed by atoms with Gasteiger partial charge in [0.15, 0.2) is 22.7 Å². The number of nitrogens with zero attached hydrogens (tertiary/aromatic N) is 3. The van der Waals surface area contributed by atoms with Gasteiger partial charge < -0.3 is 24.3 Å². The molecular formula is C29H26N4O6. The third kappa shape index (κ3) is 4.79. The molecule has 2 aromatic heterocycles. The van der Waals surface area contributed by atoms with Gasteiger partial charge in [0.25, 0.3) is 0 Å². The van der Waals surface area contributed by atoms with E-state index >= 15 is 0 Å². The van der Waals surface area contributed by atoms with Crippen molar-refractivity contribution >= 4 is 22.6 Å². The van der Waals surface area contributed by atoms with E-state index in [9.17, 15) is 14.7 Å². The van der Waals surface area contributed by atoms with E-state index in [1.165, 1.54) is 18.3 Å². The smallest absolute Gasteiger partial charge is 0.337 e. The fourth-order valence-electron chi connectivity index (χ4n) is 4.54. The Morgan fingerprint density at radius 3 is 2.56 bits per heavy atom. The van der Waals surface area contributed by atoms with Gasteiger partial charge in [-0.05, 0) is 49.7 Å². The zero-order chi connectivity index (χ0) is 27.7. The minimum atomic E-state index is -1.04. The van der Waals surface area contributed by atoms with Crippen molar-refractivity contribution in [2.45, 2.75) is 19.9 Å². The van der Waals surface area contributed by atoms with Crippen molar-refractivity contribution in [3.63, 3.8) is 0 Å². The van der Waals surface area contributed by atoms with Crippen LogP contribution in [0.4, 0.5) is 5.69 Å². The lowest BCUT2D eigenvalue weighted by molar-refractivity contribution is 0.0698. The standard InChI is InChI=1S/C29H26N4O6/c1-16-11-20(17(2)31-22-8-6-5-7-19(22)29(35)36)28-21(12-16)24(34)14-26(39-28)23-15-30-32-33(23)18-9-10-25(37-3)27(13-18)38-4/h5-15,17,31H,1-4H3,(H,35,36). The molecule has 1 atom stereocenters. The molecule has 0 spiro atoms. The number of hydrogen-bond acceptors (Lipinski definition) is 8. The molecule has 0 radical (unpaired) electrons. The molecule has 5 aromatic rings. The number of carboxylic acid groups (broad SMARTS) is 1. The molecule has 3 aromatic carbocycles. The summed E-state index contributed by atoms with van der Waals surface area (Å²) in [5.74, 6) is 0.307. The van der Waals surface area contributed by atoms with Crippen molar-refractivity contribution in [3.8, 4) is 28.6 Å². The molecule has 10 nitrogen and oxygen atoms in total. The van der Waals surface area contributed by atoms with Crippen molar-refractivity contribution in [2.24, 2.45) is 0 Å². The predicted octanol–water partition coefficient (Wildman–Crippen LogP) is 5.24. The minimum absolute atomic E-state index is 0.147. The summed E-state index contributed by atoms with van der Waals surface area (Å²) in [6.45, 7) is 3.78. The number of rotatable bonds is 8. The van der Waals surface area contributed by atoms with E-state index in [0.29, 0.717) is 45.1 Å². The number of fused-ring (bicyclic) bond motifs is 1. The van der Waals surface area contributed by atoms with Crippen LogP contribution in [0.5, 0.6) is 11.5 Å². The first-order chi connectivity index (χ1) is 18.8. The first-order valence-corrected chi connectivity index (χ1v) is 12.1. The van der Waals surface area contributed by atoms with Crippen LogP contribution in [0.2, 0.25) is 0 Å². The molecule has 2 N–H and O–H groups in total. The summed E-state index contributed by atoms with van der Waals surface area (Å²) < 4.78 is 18.7. The summed E-state index contributed by atoms with van der Waals surface area (Å²) in [4.78, 5) is 25.0. The largest absolute Gasteiger partial charge is 0.493 e. The number of benzene rings is 3.